The Hall–Kier alpha value is -1.81. The van der Waals surface area contributed by atoms with Crippen LogP contribution >= 0.6 is 0 Å². The van der Waals surface area contributed by atoms with Crippen LogP contribution < -0.4 is 10.4 Å². The highest BCUT2D eigenvalue weighted by Crippen LogP contribution is 2.23. The van der Waals surface area contributed by atoms with Gasteiger partial charge in [-0.3, -0.25) is 0 Å². The van der Waals surface area contributed by atoms with E-state index >= 15 is 0 Å². The first-order valence-electron chi connectivity index (χ1n) is 6.46. The molecule has 1 aromatic carbocycles. The third-order valence-electron chi connectivity index (χ3n) is 2.86. The number of unbranched alkanes of at least 4 members (excludes halogenated alkanes) is 2. The molecule has 0 spiro atoms. The van der Waals surface area contributed by atoms with Crippen molar-refractivity contribution in [1.29, 1.82) is 0 Å². The maximum absolute atomic E-state index is 11.4. The van der Waals surface area contributed by atoms with Gasteiger partial charge in [-0.2, -0.15) is 0 Å². The minimum Gasteiger partial charge on any atom is -0.493 e. The van der Waals surface area contributed by atoms with E-state index in [9.17, 15) is 4.79 Å². The lowest BCUT2D eigenvalue weighted by Crippen LogP contribution is -2.03. The van der Waals surface area contributed by atoms with Crippen molar-refractivity contribution in [3.8, 4) is 5.75 Å². The Labute approximate surface area is 111 Å². The summed E-state index contributed by atoms with van der Waals surface area (Å²) in [5, 5.41) is 0.832. The smallest absolute Gasteiger partial charge is 0.339 e. The molecular weight excluding hydrogens is 244 g/mol. The summed E-state index contributed by atoms with van der Waals surface area (Å²) in [5.41, 5.74) is 0.178. The van der Waals surface area contributed by atoms with Crippen LogP contribution in [0.1, 0.15) is 19.3 Å². The number of hydrogen-bond acceptors (Lipinski definition) is 4. The third kappa shape index (κ3) is 3.83. The van der Waals surface area contributed by atoms with E-state index in [4.69, 9.17) is 13.9 Å². The highest BCUT2D eigenvalue weighted by atomic mass is 16.5. The summed E-state index contributed by atoms with van der Waals surface area (Å²) >= 11 is 0. The Kier molecular flexibility index (Phi) is 4.98. The van der Waals surface area contributed by atoms with E-state index in [1.807, 2.05) is 18.2 Å². The van der Waals surface area contributed by atoms with Crippen molar-refractivity contribution in [3.05, 3.63) is 40.8 Å². The summed E-state index contributed by atoms with van der Waals surface area (Å²) in [6, 6.07) is 8.78. The van der Waals surface area contributed by atoms with Crippen LogP contribution in [-0.4, -0.2) is 20.3 Å². The van der Waals surface area contributed by atoms with Crippen molar-refractivity contribution in [1.82, 2.24) is 0 Å². The zero-order valence-electron chi connectivity index (χ0n) is 11.1. The second-order valence-corrected chi connectivity index (χ2v) is 4.33. The maximum atomic E-state index is 11.4. The van der Waals surface area contributed by atoms with E-state index < -0.39 is 0 Å². The van der Waals surface area contributed by atoms with Crippen LogP contribution in [-0.2, 0) is 4.74 Å². The largest absolute Gasteiger partial charge is 0.493 e. The van der Waals surface area contributed by atoms with Gasteiger partial charge in [-0.15, -0.1) is 0 Å². The van der Waals surface area contributed by atoms with Gasteiger partial charge in [-0.1, -0.05) is 12.1 Å². The van der Waals surface area contributed by atoms with Gasteiger partial charge >= 0.3 is 5.63 Å². The summed E-state index contributed by atoms with van der Waals surface area (Å²) in [6.07, 6.45) is 3.02. The fraction of sp³-hybridized carbons (Fsp3) is 0.400. The van der Waals surface area contributed by atoms with Crippen molar-refractivity contribution < 1.29 is 13.9 Å². The molecule has 0 aliphatic carbocycles. The Balaban J connectivity index is 1.98. The summed E-state index contributed by atoms with van der Waals surface area (Å²) < 4.78 is 15.8. The molecule has 0 bridgehead atoms. The first-order valence-corrected chi connectivity index (χ1v) is 6.46. The molecule has 0 fully saturated rings. The summed E-state index contributed by atoms with van der Waals surface area (Å²) in [5.74, 6) is 0.596. The second-order valence-electron chi connectivity index (χ2n) is 4.33. The van der Waals surface area contributed by atoms with E-state index in [-0.39, 0.29) is 5.63 Å². The predicted octanol–water partition coefficient (Wildman–Crippen LogP) is 2.99. The standard InChI is InChI=1S/C15H18O4/c1-17-9-5-2-6-10-18-14-11-15(16)19-13-8-4-3-7-12(13)14/h3-4,7-8,11H,2,5-6,9-10H2,1H3. The van der Waals surface area contributed by atoms with Crippen LogP contribution in [0.5, 0.6) is 5.75 Å². The quantitative estimate of drug-likeness (QED) is 0.568. The number of methoxy groups -OCH3 is 1. The van der Waals surface area contributed by atoms with E-state index in [2.05, 4.69) is 0 Å². The van der Waals surface area contributed by atoms with Gasteiger partial charge in [0, 0.05) is 13.7 Å². The van der Waals surface area contributed by atoms with Gasteiger partial charge < -0.3 is 13.9 Å². The number of rotatable bonds is 7. The molecule has 0 unspecified atom stereocenters. The lowest BCUT2D eigenvalue weighted by atomic mass is 10.2. The van der Waals surface area contributed by atoms with Crippen molar-refractivity contribution >= 4 is 11.0 Å². The van der Waals surface area contributed by atoms with Crippen molar-refractivity contribution in [2.24, 2.45) is 0 Å². The number of para-hydroxylation sites is 1. The monoisotopic (exact) mass is 262 g/mol. The van der Waals surface area contributed by atoms with E-state index in [0.717, 1.165) is 31.3 Å². The van der Waals surface area contributed by atoms with Crippen LogP contribution in [0.2, 0.25) is 0 Å². The molecule has 0 saturated carbocycles. The summed E-state index contributed by atoms with van der Waals surface area (Å²) in [6.45, 7) is 1.37. The van der Waals surface area contributed by atoms with Crippen molar-refractivity contribution in [2.75, 3.05) is 20.3 Å². The van der Waals surface area contributed by atoms with Gasteiger partial charge in [0.1, 0.15) is 11.3 Å². The predicted molar refractivity (Wildman–Crippen MR) is 73.7 cm³/mol. The molecule has 0 aliphatic rings. The molecule has 102 valence electrons. The van der Waals surface area contributed by atoms with Gasteiger partial charge in [0.25, 0.3) is 0 Å². The van der Waals surface area contributed by atoms with Crippen molar-refractivity contribution in [2.45, 2.75) is 19.3 Å². The van der Waals surface area contributed by atoms with E-state index in [0.29, 0.717) is 17.9 Å². The first-order chi connectivity index (χ1) is 9.31. The normalized spacial score (nSPS) is 10.8. The third-order valence-corrected chi connectivity index (χ3v) is 2.86. The summed E-state index contributed by atoms with van der Waals surface area (Å²) in [4.78, 5) is 11.4. The topological polar surface area (TPSA) is 48.7 Å². The van der Waals surface area contributed by atoms with Crippen LogP contribution in [0.3, 0.4) is 0 Å². The number of benzene rings is 1. The molecule has 0 atom stereocenters. The summed E-state index contributed by atoms with van der Waals surface area (Å²) in [7, 11) is 1.70. The van der Waals surface area contributed by atoms with Crippen LogP contribution in [0.15, 0.2) is 39.5 Å². The number of fused-ring (bicyclic) bond motifs is 1. The second kappa shape index (κ2) is 6.95. The molecule has 4 nitrogen and oxygen atoms in total. The molecule has 2 rings (SSSR count). The number of ether oxygens (including phenoxy) is 2. The van der Waals surface area contributed by atoms with Crippen LogP contribution in [0, 0.1) is 0 Å². The zero-order valence-corrected chi connectivity index (χ0v) is 11.1. The average molecular weight is 262 g/mol. The van der Waals surface area contributed by atoms with Crippen LogP contribution in [0.4, 0.5) is 0 Å². The molecular formula is C15H18O4. The van der Waals surface area contributed by atoms with Gasteiger partial charge in [0.2, 0.25) is 0 Å². The van der Waals surface area contributed by atoms with E-state index in [1.54, 1.807) is 13.2 Å². The molecule has 2 aromatic rings. The van der Waals surface area contributed by atoms with Gasteiger partial charge in [-0.05, 0) is 31.4 Å². The Morgan fingerprint density at radius 1 is 1.11 bits per heavy atom. The van der Waals surface area contributed by atoms with Crippen molar-refractivity contribution in [3.63, 3.8) is 0 Å². The fourth-order valence-corrected chi connectivity index (χ4v) is 1.91. The zero-order chi connectivity index (χ0) is 13.5. The lowest BCUT2D eigenvalue weighted by molar-refractivity contribution is 0.189. The highest BCUT2D eigenvalue weighted by molar-refractivity contribution is 5.82. The molecule has 0 radical (unpaired) electrons. The molecule has 0 N–H and O–H groups in total. The SMILES string of the molecule is COCCCCCOc1cc(=O)oc2ccccc12. The lowest BCUT2D eigenvalue weighted by Gasteiger charge is -2.08. The molecule has 19 heavy (non-hydrogen) atoms. The first kappa shape index (κ1) is 13.6. The van der Waals surface area contributed by atoms with Gasteiger partial charge in [-0.25, -0.2) is 4.79 Å². The average Bonchev–Trinajstić information content (AvgIpc) is 2.42. The Bertz CT molecular complexity index is 574. The Morgan fingerprint density at radius 2 is 1.89 bits per heavy atom. The number of hydrogen-bond donors (Lipinski definition) is 0. The minimum atomic E-state index is -0.381. The minimum absolute atomic E-state index is 0.381. The maximum Gasteiger partial charge on any atom is 0.339 e. The molecule has 0 aliphatic heterocycles. The fourth-order valence-electron chi connectivity index (χ4n) is 1.91. The molecule has 1 aromatic heterocycles. The molecule has 0 saturated heterocycles. The molecule has 0 amide bonds. The van der Waals surface area contributed by atoms with Gasteiger partial charge in [0.15, 0.2) is 0 Å². The van der Waals surface area contributed by atoms with Crippen LogP contribution in [0.25, 0.3) is 11.0 Å². The molecule has 1 heterocycles. The van der Waals surface area contributed by atoms with Gasteiger partial charge in [0.05, 0.1) is 18.1 Å². The highest BCUT2D eigenvalue weighted by Gasteiger charge is 2.05. The van der Waals surface area contributed by atoms with E-state index in [1.165, 1.54) is 6.07 Å². The molecule has 4 heteroatoms. The Morgan fingerprint density at radius 3 is 2.74 bits per heavy atom.